The fraction of sp³-hybridized carbons (Fsp3) is 0.217. The number of hydrogen-bond acceptors (Lipinski definition) is 4. The molecule has 6 heteroatoms. The van der Waals surface area contributed by atoms with Crippen molar-refractivity contribution in [3.8, 4) is 28.0 Å². The van der Waals surface area contributed by atoms with Crippen molar-refractivity contribution in [1.29, 1.82) is 0 Å². The largest absolute Gasteiger partial charge is 0.505 e. The molecular weight excluding hydrogens is 374 g/mol. The quantitative estimate of drug-likeness (QED) is 0.528. The first-order chi connectivity index (χ1) is 14.0. The Morgan fingerprint density at radius 2 is 1.59 bits per heavy atom. The number of aromatic hydroxyl groups is 1. The van der Waals surface area contributed by atoms with E-state index in [4.69, 9.17) is 0 Å². The first-order valence-corrected chi connectivity index (χ1v) is 9.40. The van der Waals surface area contributed by atoms with Crippen LogP contribution in [0, 0.1) is 11.6 Å². The number of phenols is 1. The van der Waals surface area contributed by atoms with Crippen LogP contribution in [-0.2, 0) is 0 Å². The van der Waals surface area contributed by atoms with Crippen molar-refractivity contribution in [2.24, 2.45) is 0 Å². The Balaban J connectivity index is 1.69. The molecule has 0 saturated heterocycles. The number of aliphatic hydroxyl groups excluding tert-OH is 1. The van der Waals surface area contributed by atoms with Crippen LogP contribution < -0.4 is 0 Å². The molecule has 0 fully saturated rings. The number of aliphatic hydroxyl groups is 1. The van der Waals surface area contributed by atoms with Crippen LogP contribution in [-0.4, -0.2) is 26.3 Å². The summed E-state index contributed by atoms with van der Waals surface area (Å²) in [6.07, 6.45) is 9.48. The molecule has 150 valence electrons. The third kappa shape index (κ3) is 5.23. The van der Waals surface area contributed by atoms with Crippen molar-refractivity contribution < 1.29 is 19.0 Å². The number of hydrogen-bond donors (Lipinski definition) is 2. The second-order valence-electron chi connectivity index (χ2n) is 6.85. The maximum atomic E-state index is 14.0. The minimum absolute atomic E-state index is 0.0826. The second kappa shape index (κ2) is 9.39. The van der Waals surface area contributed by atoms with Gasteiger partial charge in [-0.2, -0.15) is 4.39 Å². The maximum absolute atomic E-state index is 14.0. The van der Waals surface area contributed by atoms with Crippen LogP contribution in [0.15, 0.2) is 54.9 Å². The summed E-state index contributed by atoms with van der Waals surface area (Å²) in [7, 11) is 0. The van der Waals surface area contributed by atoms with Gasteiger partial charge in [0.2, 0.25) is 5.82 Å². The lowest BCUT2D eigenvalue weighted by atomic mass is 10.0. The number of halogens is 2. The molecule has 0 spiro atoms. The Bertz CT molecular complexity index is 985. The summed E-state index contributed by atoms with van der Waals surface area (Å²) in [5.74, 6) is -2.44. The van der Waals surface area contributed by atoms with Gasteiger partial charge < -0.3 is 10.2 Å². The molecule has 1 aromatic heterocycles. The highest BCUT2D eigenvalue weighted by molar-refractivity contribution is 5.70. The summed E-state index contributed by atoms with van der Waals surface area (Å²) in [4.78, 5) is 8.64. The van der Waals surface area contributed by atoms with E-state index in [-0.39, 0.29) is 11.7 Å². The summed E-state index contributed by atoms with van der Waals surface area (Å²) >= 11 is 0. The van der Waals surface area contributed by atoms with E-state index in [0.29, 0.717) is 11.4 Å². The van der Waals surface area contributed by atoms with Crippen LogP contribution in [0.2, 0.25) is 0 Å². The third-order valence-corrected chi connectivity index (χ3v) is 4.52. The Morgan fingerprint density at radius 3 is 2.24 bits per heavy atom. The van der Waals surface area contributed by atoms with Gasteiger partial charge in [-0.15, -0.1) is 0 Å². The fourth-order valence-corrected chi connectivity index (χ4v) is 2.90. The molecule has 4 nitrogen and oxygen atoms in total. The minimum Gasteiger partial charge on any atom is -0.505 e. The van der Waals surface area contributed by atoms with Crippen LogP contribution in [0.25, 0.3) is 28.3 Å². The van der Waals surface area contributed by atoms with E-state index < -0.39 is 17.4 Å². The number of rotatable bonds is 7. The summed E-state index contributed by atoms with van der Waals surface area (Å²) in [6.45, 7) is 1.78. The Morgan fingerprint density at radius 1 is 0.931 bits per heavy atom. The van der Waals surface area contributed by atoms with Crippen LogP contribution in [0.4, 0.5) is 8.78 Å². The normalized spacial score (nSPS) is 12.4. The average molecular weight is 396 g/mol. The van der Waals surface area contributed by atoms with E-state index >= 15 is 0 Å². The van der Waals surface area contributed by atoms with E-state index in [0.717, 1.165) is 36.5 Å². The zero-order chi connectivity index (χ0) is 20.8. The van der Waals surface area contributed by atoms with Crippen molar-refractivity contribution in [3.63, 3.8) is 0 Å². The van der Waals surface area contributed by atoms with Crippen molar-refractivity contribution in [2.75, 3.05) is 0 Å². The lowest BCUT2D eigenvalue weighted by Crippen LogP contribution is -1.97. The highest BCUT2D eigenvalue weighted by Gasteiger charge is 2.14. The van der Waals surface area contributed by atoms with Gasteiger partial charge in [0, 0.05) is 23.5 Å². The van der Waals surface area contributed by atoms with Gasteiger partial charge in [-0.25, -0.2) is 14.4 Å². The van der Waals surface area contributed by atoms with Crippen LogP contribution in [0.5, 0.6) is 5.75 Å². The number of allylic oxidation sites excluding steroid dienone is 1. The first-order valence-electron chi connectivity index (χ1n) is 9.40. The molecule has 1 unspecified atom stereocenters. The predicted molar refractivity (Wildman–Crippen MR) is 109 cm³/mol. The van der Waals surface area contributed by atoms with Gasteiger partial charge in [0.1, 0.15) is 0 Å². The Labute approximate surface area is 168 Å². The molecule has 0 amide bonds. The molecule has 0 bridgehead atoms. The molecule has 1 heterocycles. The van der Waals surface area contributed by atoms with Crippen molar-refractivity contribution >= 4 is 6.08 Å². The highest BCUT2D eigenvalue weighted by Crippen LogP contribution is 2.30. The van der Waals surface area contributed by atoms with E-state index in [1.54, 1.807) is 43.6 Å². The molecule has 2 aromatic carbocycles. The average Bonchev–Trinajstić information content (AvgIpc) is 2.72. The van der Waals surface area contributed by atoms with Gasteiger partial charge in [0.15, 0.2) is 17.4 Å². The zero-order valence-corrected chi connectivity index (χ0v) is 16.0. The minimum atomic E-state index is -1.26. The summed E-state index contributed by atoms with van der Waals surface area (Å²) in [5, 5.41) is 18.5. The summed E-state index contributed by atoms with van der Waals surface area (Å²) in [5.41, 5.74) is 2.24. The van der Waals surface area contributed by atoms with Crippen LogP contribution >= 0.6 is 0 Å². The monoisotopic (exact) mass is 396 g/mol. The molecule has 29 heavy (non-hydrogen) atoms. The van der Waals surface area contributed by atoms with Gasteiger partial charge in [0.05, 0.1) is 6.10 Å². The molecule has 0 aliphatic carbocycles. The lowest BCUT2D eigenvalue weighted by molar-refractivity contribution is 0.182. The number of unbranched alkanes of at least 4 members (excludes halogenated alkanes) is 1. The Hall–Kier alpha value is -3.12. The Kier molecular flexibility index (Phi) is 6.67. The number of benzene rings is 2. The molecule has 0 radical (unpaired) electrons. The summed E-state index contributed by atoms with van der Waals surface area (Å²) < 4.78 is 27.6. The molecular formula is C23H22F2N2O2. The molecule has 0 aliphatic heterocycles. The highest BCUT2D eigenvalue weighted by atomic mass is 19.2. The van der Waals surface area contributed by atoms with Crippen LogP contribution in [0.3, 0.4) is 0 Å². The number of nitrogens with zero attached hydrogens (tertiary/aromatic N) is 2. The van der Waals surface area contributed by atoms with Gasteiger partial charge >= 0.3 is 0 Å². The van der Waals surface area contributed by atoms with Gasteiger partial charge in [-0.1, -0.05) is 30.3 Å². The first kappa shape index (κ1) is 20.6. The number of phenolic OH excluding ortho intramolecular Hbond substituents is 1. The van der Waals surface area contributed by atoms with E-state index in [9.17, 15) is 19.0 Å². The van der Waals surface area contributed by atoms with Crippen molar-refractivity contribution in [3.05, 3.63) is 72.3 Å². The van der Waals surface area contributed by atoms with E-state index in [1.807, 2.05) is 12.2 Å². The van der Waals surface area contributed by atoms with Crippen LogP contribution in [0.1, 0.15) is 32.0 Å². The van der Waals surface area contributed by atoms with Gasteiger partial charge in [-0.05, 0) is 55.5 Å². The van der Waals surface area contributed by atoms with Crippen molar-refractivity contribution in [1.82, 2.24) is 9.97 Å². The summed E-state index contributed by atoms with van der Waals surface area (Å²) in [6, 6.07) is 9.40. The molecule has 3 rings (SSSR count). The molecule has 0 saturated carbocycles. The molecule has 0 aliphatic rings. The van der Waals surface area contributed by atoms with E-state index in [2.05, 4.69) is 9.97 Å². The fourth-order valence-electron chi connectivity index (χ4n) is 2.90. The van der Waals surface area contributed by atoms with Gasteiger partial charge in [0.25, 0.3) is 0 Å². The zero-order valence-electron chi connectivity index (χ0n) is 16.0. The van der Waals surface area contributed by atoms with Crippen molar-refractivity contribution in [2.45, 2.75) is 32.3 Å². The van der Waals surface area contributed by atoms with E-state index in [1.165, 1.54) is 6.07 Å². The molecule has 2 N–H and O–H groups in total. The SMILES string of the molecule is CC(O)CCCC=Cc1ncc(-c2ccc(-c3ccc(O)c(F)c3F)cc2)cn1. The molecule has 1 atom stereocenters. The predicted octanol–water partition coefficient (Wildman–Crippen LogP) is 5.36. The number of aromatic nitrogens is 2. The second-order valence-corrected chi connectivity index (χ2v) is 6.85. The maximum Gasteiger partial charge on any atom is 0.200 e. The topological polar surface area (TPSA) is 66.2 Å². The van der Waals surface area contributed by atoms with Gasteiger partial charge in [-0.3, -0.25) is 0 Å². The standard InChI is InChI=1S/C23H22F2N2O2/c1-15(28)5-3-2-4-6-21-26-13-18(14-27-21)16-7-9-17(10-8-16)19-11-12-20(29)23(25)22(19)24/h4,6-15,28-29H,2-3,5H2,1H3. The molecule has 3 aromatic rings. The lowest BCUT2D eigenvalue weighted by Gasteiger charge is -2.07. The third-order valence-electron chi connectivity index (χ3n) is 4.52. The smallest absolute Gasteiger partial charge is 0.200 e.